The monoisotopic (exact) mass is 378 g/mol. The van der Waals surface area contributed by atoms with Crippen LogP contribution in [0.25, 0.3) is 11.0 Å². The SMILES string of the molecule is CCc1ccc2c(COC(=O)COc3ccc4c(c3)CCC4)cc(=O)oc2c1. The zero-order chi connectivity index (χ0) is 19.5. The average molecular weight is 378 g/mol. The van der Waals surface area contributed by atoms with E-state index in [0.717, 1.165) is 30.2 Å². The number of aryl methyl sites for hydroxylation is 3. The van der Waals surface area contributed by atoms with E-state index in [-0.39, 0.29) is 13.2 Å². The van der Waals surface area contributed by atoms with Gasteiger partial charge in [-0.3, -0.25) is 0 Å². The van der Waals surface area contributed by atoms with Crippen LogP contribution in [-0.4, -0.2) is 12.6 Å². The molecule has 0 spiro atoms. The van der Waals surface area contributed by atoms with Crippen molar-refractivity contribution in [3.63, 3.8) is 0 Å². The van der Waals surface area contributed by atoms with Crippen LogP contribution in [0.4, 0.5) is 0 Å². The fourth-order valence-electron chi connectivity index (χ4n) is 3.59. The van der Waals surface area contributed by atoms with Crippen molar-refractivity contribution >= 4 is 16.9 Å². The maximum absolute atomic E-state index is 12.1. The van der Waals surface area contributed by atoms with Crippen LogP contribution in [0.3, 0.4) is 0 Å². The molecule has 0 saturated heterocycles. The number of ether oxygens (including phenoxy) is 2. The first-order valence-electron chi connectivity index (χ1n) is 9.58. The van der Waals surface area contributed by atoms with E-state index in [9.17, 15) is 9.59 Å². The molecule has 2 aromatic carbocycles. The van der Waals surface area contributed by atoms with Crippen molar-refractivity contribution in [2.24, 2.45) is 0 Å². The van der Waals surface area contributed by atoms with E-state index in [1.807, 2.05) is 37.3 Å². The van der Waals surface area contributed by atoms with E-state index in [1.165, 1.54) is 23.6 Å². The number of hydrogen-bond donors (Lipinski definition) is 0. The van der Waals surface area contributed by atoms with E-state index in [2.05, 4.69) is 6.07 Å². The molecule has 0 atom stereocenters. The van der Waals surface area contributed by atoms with Gasteiger partial charge in [-0.1, -0.05) is 25.1 Å². The lowest BCUT2D eigenvalue weighted by Crippen LogP contribution is -2.15. The zero-order valence-electron chi connectivity index (χ0n) is 15.8. The minimum Gasteiger partial charge on any atom is -0.482 e. The molecular formula is C23H22O5. The lowest BCUT2D eigenvalue weighted by molar-refractivity contribution is -0.147. The first kappa shape index (κ1) is 18.3. The van der Waals surface area contributed by atoms with Gasteiger partial charge in [-0.15, -0.1) is 0 Å². The smallest absolute Gasteiger partial charge is 0.344 e. The van der Waals surface area contributed by atoms with E-state index in [0.29, 0.717) is 16.9 Å². The number of hydrogen-bond acceptors (Lipinski definition) is 5. The standard InChI is InChI=1S/C23H22O5/c1-2-15-6-9-20-18(12-22(24)28-21(20)10-15)13-27-23(25)14-26-19-8-7-16-4-3-5-17(16)11-19/h6-12H,2-5,13-14H2,1H3. The Bertz CT molecular complexity index is 1080. The molecule has 0 unspecified atom stereocenters. The molecule has 4 rings (SSSR count). The summed E-state index contributed by atoms with van der Waals surface area (Å²) in [5.41, 5.74) is 4.40. The molecule has 28 heavy (non-hydrogen) atoms. The minimum absolute atomic E-state index is 0.0000468. The van der Waals surface area contributed by atoms with Crippen molar-refractivity contribution in [1.29, 1.82) is 0 Å². The van der Waals surface area contributed by atoms with Crippen LogP contribution in [0.15, 0.2) is 51.7 Å². The topological polar surface area (TPSA) is 65.7 Å². The van der Waals surface area contributed by atoms with E-state index in [4.69, 9.17) is 13.9 Å². The Balaban J connectivity index is 1.40. The number of esters is 1. The quantitative estimate of drug-likeness (QED) is 0.480. The van der Waals surface area contributed by atoms with Gasteiger partial charge in [0.1, 0.15) is 17.9 Å². The fraction of sp³-hybridized carbons (Fsp3) is 0.304. The van der Waals surface area contributed by atoms with Gasteiger partial charge < -0.3 is 13.9 Å². The third-order valence-electron chi connectivity index (χ3n) is 5.12. The van der Waals surface area contributed by atoms with E-state index < -0.39 is 11.6 Å². The molecule has 0 radical (unpaired) electrons. The summed E-state index contributed by atoms with van der Waals surface area (Å²) in [6.07, 6.45) is 4.18. The highest BCUT2D eigenvalue weighted by molar-refractivity contribution is 5.81. The van der Waals surface area contributed by atoms with Gasteiger partial charge in [0.15, 0.2) is 6.61 Å². The summed E-state index contributed by atoms with van der Waals surface area (Å²) in [6.45, 7) is 1.87. The van der Waals surface area contributed by atoms with Gasteiger partial charge in [0, 0.05) is 17.0 Å². The lowest BCUT2D eigenvalue weighted by atomic mass is 10.1. The first-order valence-corrected chi connectivity index (χ1v) is 9.58. The summed E-state index contributed by atoms with van der Waals surface area (Å²) in [5, 5.41) is 0.768. The molecule has 5 heteroatoms. The zero-order valence-corrected chi connectivity index (χ0v) is 15.8. The predicted molar refractivity (Wildman–Crippen MR) is 106 cm³/mol. The Labute approximate surface area is 162 Å². The molecule has 1 aromatic heterocycles. The molecule has 0 aliphatic heterocycles. The van der Waals surface area contributed by atoms with Gasteiger partial charge in [0.2, 0.25) is 0 Å². The second-order valence-electron chi connectivity index (χ2n) is 7.01. The van der Waals surface area contributed by atoms with Crippen molar-refractivity contribution in [3.8, 4) is 5.75 Å². The van der Waals surface area contributed by atoms with Gasteiger partial charge in [-0.05, 0) is 60.6 Å². The second-order valence-corrected chi connectivity index (χ2v) is 7.01. The van der Waals surface area contributed by atoms with Crippen molar-refractivity contribution < 1.29 is 18.7 Å². The molecule has 3 aromatic rings. The van der Waals surface area contributed by atoms with E-state index in [1.54, 1.807) is 0 Å². The number of rotatable bonds is 6. The maximum atomic E-state index is 12.1. The van der Waals surface area contributed by atoms with Crippen LogP contribution in [0.2, 0.25) is 0 Å². The molecule has 144 valence electrons. The Morgan fingerprint density at radius 3 is 2.79 bits per heavy atom. The van der Waals surface area contributed by atoms with Crippen LogP contribution in [0.5, 0.6) is 5.75 Å². The Morgan fingerprint density at radius 1 is 1.07 bits per heavy atom. The number of benzene rings is 2. The third-order valence-corrected chi connectivity index (χ3v) is 5.12. The Hall–Kier alpha value is -3.08. The summed E-state index contributed by atoms with van der Waals surface area (Å²) in [5.74, 6) is 0.197. The van der Waals surface area contributed by atoms with Crippen LogP contribution in [0, 0.1) is 0 Å². The van der Waals surface area contributed by atoms with Crippen molar-refractivity contribution in [1.82, 2.24) is 0 Å². The Morgan fingerprint density at radius 2 is 1.93 bits per heavy atom. The van der Waals surface area contributed by atoms with Gasteiger partial charge in [-0.25, -0.2) is 9.59 Å². The second kappa shape index (κ2) is 7.89. The molecule has 0 saturated carbocycles. The highest BCUT2D eigenvalue weighted by Crippen LogP contribution is 2.26. The summed E-state index contributed by atoms with van der Waals surface area (Å²) in [6, 6.07) is 13.0. The molecule has 1 aliphatic carbocycles. The van der Waals surface area contributed by atoms with Gasteiger partial charge in [0.05, 0.1) is 0 Å². The highest BCUT2D eigenvalue weighted by Gasteiger charge is 2.13. The number of fused-ring (bicyclic) bond motifs is 2. The lowest BCUT2D eigenvalue weighted by Gasteiger charge is -2.10. The maximum Gasteiger partial charge on any atom is 0.344 e. The van der Waals surface area contributed by atoms with Crippen LogP contribution in [0.1, 0.15) is 35.6 Å². The summed E-state index contributed by atoms with van der Waals surface area (Å²) in [4.78, 5) is 23.9. The van der Waals surface area contributed by atoms with Crippen LogP contribution >= 0.6 is 0 Å². The Kier molecular flexibility index (Phi) is 5.15. The van der Waals surface area contributed by atoms with Gasteiger partial charge >= 0.3 is 11.6 Å². The molecule has 0 bridgehead atoms. The molecular weight excluding hydrogens is 356 g/mol. The van der Waals surface area contributed by atoms with Crippen molar-refractivity contribution in [2.45, 2.75) is 39.2 Å². The predicted octanol–water partition coefficient (Wildman–Crippen LogP) is 3.97. The summed E-state index contributed by atoms with van der Waals surface area (Å²) < 4.78 is 16.2. The highest BCUT2D eigenvalue weighted by atomic mass is 16.6. The molecule has 1 aliphatic rings. The van der Waals surface area contributed by atoms with Crippen LogP contribution in [-0.2, 0) is 35.4 Å². The number of carbonyl (C=O) groups is 1. The summed E-state index contributed by atoms with van der Waals surface area (Å²) >= 11 is 0. The first-order chi connectivity index (χ1) is 13.6. The number of carbonyl (C=O) groups excluding carboxylic acids is 1. The van der Waals surface area contributed by atoms with Crippen molar-refractivity contribution in [3.05, 3.63) is 75.1 Å². The van der Waals surface area contributed by atoms with Crippen LogP contribution < -0.4 is 10.4 Å². The normalized spacial score (nSPS) is 12.8. The van der Waals surface area contributed by atoms with E-state index >= 15 is 0 Å². The minimum atomic E-state index is -0.480. The average Bonchev–Trinajstić information content (AvgIpc) is 3.17. The largest absolute Gasteiger partial charge is 0.482 e. The molecule has 0 N–H and O–H groups in total. The molecule has 0 amide bonds. The molecule has 1 heterocycles. The van der Waals surface area contributed by atoms with Gasteiger partial charge in [0.25, 0.3) is 0 Å². The van der Waals surface area contributed by atoms with Crippen molar-refractivity contribution in [2.75, 3.05) is 6.61 Å². The molecule has 0 fully saturated rings. The molecule has 5 nitrogen and oxygen atoms in total. The van der Waals surface area contributed by atoms with Gasteiger partial charge in [-0.2, -0.15) is 0 Å². The third kappa shape index (κ3) is 3.93. The fourth-order valence-corrected chi connectivity index (χ4v) is 3.59. The summed E-state index contributed by atoms with van der Waals surface area (Å²) in [7, 11) is 0.